The predicted molar refractivity (Wildman–Crippen MR) is 91.3 cm³/mol. The van der Waals surface area contributed by atoms with Crippen LogP contribution in [-0.2, 0) is 17.6 Å². The molecule has 2 unspecified atom stereocenters. The Balaban J connectivity index is 1.34. The SMILES string of the molecule is O=C(NC1Cc2ccccc2C1)C1CC(c2ccc(O)cc2)NN1. The molecule has 1 fully saturated rings. The van der Waals surface area contributed by atoms with E-state index in [0.717, 1.165) is 18.4 Å². The van der Waals surface area contributed by atoms with Gasteiger partial charge in [-0.25, -0.2) is 10.9 Å². The molecule has 5 nitrogen and oxygen atoms in total. The second-order valence-corrected chi connectivity index (χ2v) is 6.60. The summed E-state index contributed by atoms with van der Waals surface area (Å²) >= 11 is 0. The molecule has 4 N–H and O–H groups in total. The quantitative estimate of drug-likeness (QED) is 0.692. The second-order valence-electron chi connectivity index (χ2n) is 6.60. The highest BCUT2D eigenvalue weighted by Gasteiger charge is 2.32. The van der Waals surface area contributed by atoms with Gasteiger partial charge in [0, 0.05) is 12.1 Å². The van der Waals surface area contributed by atoms with Gasteiger partial charge in [-0.1, -0.05) is 36.4 Å². The summed E-state index contributed by atoms with van der Waals surface area (Å²) < 4.78 is 0. The molecule has 2 aromatic rings. The van der Waals surface area contributed by atoms with Gasteiger partial charge in [-0.15, -0.1) is 0 Å². The Kier molecular flexibility index (Phi) is 3.96. The van der Waals surface area contributed by atoms with Crippen LogP contribution >= 0.6 is 0 Å². The fraction of sp³-hybridized carbons (Fsp3) is 0.316. The molecule has 0 aromatic heterocycles. The number of phenolic OH excluding ortho intramolecular Hbond substituents is 1. The van der Waals surface area contributed by atoms with E-state index in [0.29, 0.717) is 6.42 Å². The highest BCUT2D eigenvalue weighted by Crippen LogP contribution is 2.25. The molecule has 1 heterocycles. The average Bonchev–Trinajstić information content (AvgIpc) is 3.21. The molecule has 1 aliphatic carbocycles. The van der Waals surface area contributed by atoms with Gasteiger partial charge in [0.1, 0.15) is 11.8 Å². The zero-order chi connectivity index (χ0) is 16.5. The lowest BCUT2D eigenvalue weighted by molar-refractivity contribution is -0.123. The van der Waals surface area contributed by atoms with Crippen LogP contribution in [0.3, 0.4) is 0 Å². The molecule has 24 heavy (non-hydrogen) atoms. The van der Waals surface area contributed by atoms with Gasteiger partial charge in [-0.2, -0.15) is 0 Å². The largest absolute Gasteiger partial charge is 0.508 e. The van der Waals surface area contributed by atoms with Gasteiger partial charge < -0.3 is 10.4 Å². The van der Waals surface area contributed by atoms with Gasteiger partial charge in [0.15, 0.2) is 0 Å². The third-order valence-electron chi connectivity index (χ3n) is 4.91. The van der Waals surface area contributed by atoms with Crippen LogP contribution in [0.25, 0.3) is 0 Å². The summed E-state index contributed by atoms with van der Waals surface area (Å²) in [6.07, 6.45) is 2.50. The van der Waals surface area contributed by atoms with E-state index >= 15 is 0 Å². The number of nitrogens with one attached hydrogen (secondary N) is 3. The maximum atomic E-state index is 12.5. The molecule has 2 aromatic carbocycles. The first-order valence-electron chi connectivity index (χ1n) is 8.36. The maximum Gasteiger partial charge on any atom is 0.238 e. The highest BCUT2D eigenvalue weighted by atomic mass is 16.3. The number of hydrazine groups is 1. The molecule has 5 heteroatoms. The summed E-state index contributed by atoms with van der Waals surface area (Å²) in [5.74, 6) is 0.293. The summed E-state index contributed by atoms with van der Waals surface area (Å²) in [5.41, 5.74) is 9.99. The predicted octanol–water partition coefficient (Wildman–Crippen LogP) is 1.58. The maximum absolute atomic E-state index is 12.5. The van der Waals surface area contributed by atoms with Crippen LogP contribution in [0, 0.1) is 0 Å². The molecule has 0 saturated carbocycles. The number of carbonyl (C=O) groups excluding carboxylic acids is 1. The van der Waals surface area contributed by atoms with Crippen LogP contribution in [-0.4, -0.2) is 23.1 Å². The summed E-state index contributed by atoms with van der Waals surface area (Å²) in [5, 5.41) is 12.5. The van der Waals surface area contributed by atoms with Crippen molar-refractivity contribution in [2.45, 2.75) is 37.4 Å². The van der Waals surface area contributed by atoms with E-state index in [9.17, 15) is 9.90 Å². The number of carbonyl (C=O) groups is 1. The van der Waals surface area contributed by atoms with Gasteiger partial charge in [0.2, 0.25) is 5.91 Å². The Hall–Kier alpha value is -2.37. The first-order valence-corrected chi connectivity index (χ1v) is 8.36. The number of phenols is 1. The van der Waals surface area contributed by atoms with Gasteiger partial charge in [-0.3, -0.25) is 4.79 Å². The van der Waals surface area contributed by atoms with Crippen molar-refractivity contribution in [1.82, 2.24) is 16.2 Å². The fourth-order valence-electron chi connectivity index (χ4n) is 3.62. The Morgan fingerprint density at radius 3 is 2.33 bits per heavy atom. The molecule has 0 radical (unpaired) electrons. The van der Waals surface area contributed by atoms with Crippen LogP contribution in [0.1, 0.15) is 29.2 Å². The molecule has 124 valence electrons. The summed E-state index contributed by atoms with van der Waals surface area (Å²) in [6.45, 7) is 0. The van der Waals surface area contributed by atoms with Crippen molar-refractivity contribution in [3.63, 3.8) is 0 Å². The van der Waals surface area contributed by atoms with Crippen molar-refractivity contribution in [2.24, 2.45) is 0 Å². The van der Waals surface area contributed by atoms with E-state index in [4.69, 9.17) is 0 Å². The molecule has 0 spiro atoms. The van der Waals surface area contributed by atoms with Gasteiger partial charge in [0.25, 0.3) is 0 Å². The molecule has 2 aliphatic rings. The number of amides is 1. The van der Waals surface area contributed by atoms with Gasteiger partial charge in [-0.05, 0) is 48.1 Å². The Morgan fingerprint density at radius 2 is 1.67 bits per heavy atom. The zero-order valence-corrected chi connectivity index (χ0v) is 13.3. The monoisotopic (exact) mass is 323 g/mol. The van der Waals surface area contributed by atoms with E-state index in [1.54, 1.807) is 12.1 Å². The van der Waals surface area contributed by atoms with Crippen molar-refractivity contribution in [2.75, 3.05) is 0 Å². The highest BCUT2D eigenvalue weighted by molar-refractivity contribution is 5.82. The first-order chi connectivity index (χ1) is 11.7. The summed E-state index contributed by atoms with van der Waals surface area (Å²) in [4.78, 5) is 12.5. The number of aromatic hydroxyl groups is 1. The van der Waals surface area contributed by atoms with E-state index < -0.39 is 0 Å². The zero-order valence-electron chi connectivity index (χ0n) is 13.3. The van der Waals surface area contributed by atoms with Gasteiger partial charge >= 0.3 is 0 Å². The molecule has 2 atom stereocenters. The average molecular weight is 323 g/mol. The lowest BCUT2D eigenvalue weighted by atomic mass is 10.0. The minimum absolute atomic E-state index is 0.0431. The van der Waals surface area contributed by atoms with Crippen LogP contribution in [0.5, 0.6) is 5.75 Å². The first kappa shape index (κ1) is 15.2. The normalized spacial score (nSPS) is 23.2. The number of benzene rings is 2. The second kappa shape index (κ2) is 6.26. The number of hydrogen-bond donors (Lipinski definition) is 4. The Labute approximate surface area is 141 Å². The van der Waals surface area contributed by atoms with E-state index in [2.05, 4.69) is 28.3 Å². The number of rotatable bonds is 3. The van der Waals surface area contributed by atoms with E-state index in [-0.39, 0.29) is 29.8 Å². The molecule has 4 rings (SSSR count). The van der Waals surface area contributed by atoms with Crippen LogP contribution < -0.4 is 16.2 Å². The van der Waals surface area contributed by atoms with Crippen LogP contribution in [0.2, 0.25) is 0 Å². The molecule has 1 aliphatic heterocycles. The molecular formula is C19H21N3O2. The standard InChI is InChI=1S/C19H21N3O2/c23-16-7-5-12(6-8-16)17-11-18(22-21-17)19(24)20-15-9-13-3-1-2-4-14(13)10-15/h1-8,15,17-18,21-23H,9-11H2,(H,20,24). The van der Waals surface area contributed by atoms with E-state index in [1.807, 2.05) is 24.3 Å². The lowest BCUT2D eigenvalue weighted by Gasteiger charge is -2.15. The van der Waals surface area contributed by atoms with Crippen LogP contribution in [0.15, 0.2) is 48.5 Å². The summed E-state index contributed by atoms with van der Waals surface area (Å²) in [6, 6.07) is 15.5. The van der Waals surface area contributed by atoms with Gasteiger partial charge in [0.05, 0.1) is 0 Å². The lowest BCUT2D eigenvalue weighted by Crippen LogP contribution is -2.47. The van der Waals surface area contributed by atoms with E-state index in [1.165, 1.54) is 11.1 Å². The number of hydrogen-bond acceptors (Lipinski definition) is 4. The Morgan fingerprint density at radius 1 is 1.00 bits per heavy atom. The molecule has 1 saturated heterocycles. The number of fused-ring (bicyclic) bond motifs is 1. The topological polar surface area (TPSA) is 73.4 Å². The molecular weight excluding hydrogens is 302 g/mol. The van der Waals surface area contributed by atoms with Crippen molar-refractivity contribution >= 4 is 5.91 Å². The third kappa shape index (κ3) is 3.00. The molecule has 1 amide bonds. The minimum atomic E-state index is -0.243. The van der Waals surface area contributed by atoms with Crippen LogP contribution in [0.4, 0.5) is 0 Å². The van der Waals surface area contributed by atoms with Crippen molar-refractivity contribution in [3.8, 4) is 5.75 Å². The Bertz CT molecular complexity index is 720. The van der Waals surface area contributed by atoms with Crippen molar-refractivity contribution in [3.05, 3.63) is 65.2 Å². The smallest absolute Gasteiger partial charge is 0.238 e. The fourth-order valence-corrected chi connectivity index (χ4v) is 3.62. The summed E-state index contributed by atoms with van der Waals surface area (Å²) in [7, 11) is 0. The van der Waals surface area contributed by atoms with Crippen molar-refractivity contribution in [1.29, 1.82) is 0 Å². The molecule has 0 bridgehead atoms. The third-order valence-corrected chi connectivity index (χ3v) is 4.91. The van der Waals surface area contributed by atoms with Crippen molar-refractivity contribution < 1.29 is 9.90 Å². The minimum Gasteiger partial charge on any atom is -0.508 e.